The second kappa shape index (κ2) is 6.60. The number of nitrogens with zero attached hydrogens (tertiary/aromatic N) is 5. The average Bonchev–Trinajstić information content (AvgIpc) is 3.05. The molecule has 0 radical (unpaired) electrons. The van der Waals surface area contributed by atoms with Crippen LogP contribution in [0.2, 0.25) is 0 Å². The molecule has 1 aromatic heterocycles. The van der Waals surface area contributed by atoms with E-state index in [4.69, 9.17) is 5.73 Å². The summed E-state index contributed by atoms with van der Waals surface area (Å²) in [5, 5.41) is 19.0. The molecule has 3 aromatic carbocycles. The number of anilines is 1. The Bertz CT molecular complexity index is 1080. The summed E-state index contributed by atoms with van der Waals surface area (Å²) >= 11 is 0. The number of amides is 1. The zero-order valence-corrected chi connectivity index (χ0v) is 13.7. The van der Waals surface area contributed by atoms with Crippen molar-refractivity contribution in [3.63, 3.8) is 0 Å². The average molecular weight is 345 g/mol. The van der Waals surface area contributed by atoms with E-state index in [-0.39, 0.29) is 18.4 Å². The van der Waals surface area contributed by atoms with Gasteiger partial charge in [-0.05, 0) is 38.0 Å². The number of tetrazole rings is 1. The lowest BCUT2D eigenvalue weighted by Gasteiger charge is -2.08. The van der Waals surface area contributed by atoms with Crippen molar-refractivity contribution in [2.45, 2.75) is 6.54 Å². The van der Waals surface area contributed by atoms with E-state index in [0.717, 1.165) is 27.1 Å². The maximum Gasteiger partial charge on any atom is 0.261 e. The van der Waals surface area contributed by atoms with Crippen LogP contribution in [0.1, 0.15) is 5.56 Å². The van der Waals surface area contributed by atoms with Gasteiger partial charge in [0.15, 0.2) is 0 Å². The Hall–Kier alpha value is -3.81. The predicted molar refractivity (Wildman–Crippen MR) is 99.4 cm³/mol. The molecule has 1 amide bonds. The van der Waals surface area contributed by atoms with Gasteiger partial charge in [-0.25, -0.2) is 10.1 Å². The van der Waals surface area contributed by atoms with Crippen LogP contribution in [0.4, 0.5) is 5.95 Å². The molecule has 0 unspecified atom stereocenters. The topological polar surface area (TPSA) is 111 Å². The standard InChI is InChI=1S/C18H15N7O/c19-18-22-23-24-25(18)11-17(26)21-20-10-16-14-7-3-1-5-12(14)9-13-6-2-4-8-15(13)16/h1-10H,11H2,(H,21,26)(H2,19,22,24)/b20-10-. The van der Waals surface area contributed by atoms with Crippen molar-refractivity contribution in [1.29, 1.82) is 0 Å². The normalized spacial score (nSPS) is 11.4. The predicted octanol–water partition coefficient (Wildman–Crippen LogP) is 1.71. The quantitative estimate of drug-likeness (QED) is 0.332. The summed E-state index contributed by atoms with van der Waals surface area (Å²) in [7, 11) is 0. The molecule has 8 nitrogen and oxygen atoms in total. The Morgan fingerprint density at radius 3 is 2.38 bits per heavy atom. The third kappa shape index (κ3) is 2.95. The molecule has 128 valence electrons. The van der Waals surface area contributed by atoms with Gasteiger partial charge in [-0.3, -0.25) is 4.79 Å². The first kappa shape index (κ1) is 15.7. The fraction of sp³-hybridized carbons (Fsp3) is 0.0556. The molecule has 0 aliphatic carbocycles. The zero-order chi connectivity index (χ0) is 17.9. The minimum atomic E-state index is -0.371. The van der Waals surface area contributed by atoms with Crippen molar-refractivity contribution in [3.05, 3.63) is 60.2 Å². The van der Waals surface area contributed by atoms with Gasteiger partial charge in [0.1, 0.15) is 6.54 Å². The van der Waals surface area contributed by atoms with Gasteiger partial charge in [0.25, 0.3) is 5.91 Å². The maximum absolute atomic E-state index is 12.0. The number of hydrazone groups is 1. The van der Waals surface area contributed by atoms with Gasteiger partial charge in [-0.2, -0.15) is 5.10 Å². The Morgan fingerprint density at radius 1 is 1.12 bits per heavy atom. The lowest BCUT2D eigenvalue weighted by Crippen LogP contribution is -2.24. The van der Waals surface area contributed by atoms with Gasteiger partial charge in [-0.15, -0.1) is 0 Å². The minimum Gasteiger partial charge on any atom is -0.367 e. The lowest BCUT2D eigenvalue weighted by atomic mass is 9.97. The van der Waals surface area contributed by atoms with Crippen molar-refractivity contribution in [3.8, 4) is 0 Å². The van der Waals surface area contributed by atoms with Gasteiger partial charge >= 0.3 is 0 Å². The first-order valence-corrected chi connectivity index (χ1v) is 7.96. The number of nitrogens with two attached hydrogens (primary N) is 1. The van der Waals surface area contributed by atoms with Crippen LogP contribution in [-0.2, 0) is 11.3 Å². The number of nitrogens with one attached hydrogen (secondary N) is 1. The summed E-state index contributed by atoms with van der Waals surface area (Å²) in [6, 6.07) is 18.3. The summed E-state index contributed by atoms with van der Waals surface area (Å²) in [6.45, 7) is -0.105. The Balaban J connectivity index is 1.64. The van der Waals surface area contributed by atoms with Crippen molar-refractivity contribution >= 4 is 39.6 Å². The van der Waals surface area contributed by atoms with Gasteiger partial charge in [-0.1, -0.05) is 53.6 Å². The number of rotatable bonds is 4. The summed E-state index contributed by atoms with van der Waals surface area (Å²) in [6.07, 6.45) is 1.66. The fourth-order valence-electron chi connectivity index (χ4n) is 2.85. The highest BCUT2D eigenvalue weighted by Crippen LogP contribution is 2.27. The third-order valence-corrected chi connectivity index (χ3v) is 4.05. The van der Waals surface area contributed by atoms with Crippen LogP contribution in [0.3, 0.4) is 0 Å². The van der Waals surface area contributed by atoms with Gasteiger partial charge in [0.05, 0.1) is 6.21 Å². The van der Waals surface area contributed by atoms with E-state index in [0.29, 0.717) is 0 Å². The van der Waals surface area contributed by atoms with E-state index in [9.17, 15) is 4.79 Å². The summed E-state index contributed by atoms with van der Waals surface area (Å²) in [5.74, 6) is -0.297. The van der Waals surface area contributed by atoms with Crippen LogP contribution < -0.4 is 11.2 Å². The zero-order valence-electron chi connectivity index (χ0n) is 13.7. The van der Waals surface area contributed by atoms with E-state index in [1.807, 2.05) is 36.4 Å². The molecule has 0 saturated heterocycles. The van der Waals surface area contributed by atoms with E-state index >= 15 is 0 Å². The number of carbonyl (C=O) groups is 1. The van der Waals surface area contributed by atoms with Crippen molar-refractivity contribution in [1.82, 2.24) is 25.6 Å². The Morgan fingerprint density at radius 2 is 1.77 bits per heavy atom. The number of hydrogen-bond donors (Lipinski definition) is 2. The van der Waals surface area contributed by atoms with Crippen LogP contribution in [0, 0.1) is 0 Å². The maximum atomic E-state index is 12.0. The molecule has 0 aliphatic heterocycles. The van der Waals surface area contributed by atoms with Gasteiger partial charge < -0.3 is 5.73 Å². The second-order valence-corrected chi connectivity index (χ2v) is 5.72. The fourth-order valence-corrected chi connectivity index (χ4v) is 2.85. The van der Waals surface area contributed by atoms with E-state index in [1.165, 1.54) is 4.68 Å². The number of hydrogen-bond acceptors (Lipinski definition) is 6. The van der Waals surface area contributed by atoms with Crippen molar-refractivity contribution in [2.75, 3.05) is 5.73 Å². The van der Waals surface area contributed by atoms with E-state index < -0.39 is 0 Å². The molecule has 0 fully saturated rings. The molecular formula is C18H15N7O. The van der Waals surface area contributed by atoms with Crippen LogP contribution in [0.15, 0.2) is 59.7 Å². The third-order valence-electron chi connectivity index (χ3n) is 4.05. The highest BCUT2D eigenvalue weighted by molar-refractivity contribution is 6.13. The molecule has 0 atom stereocenters. The highest BCUT2D eigenvalue weighted by Gasteiger charge is 2.08. The van der Waals surface area contributed by atoms with E-state index in [1.54, 1.807) is 6.21 Å². The molecule has 1 heterocycles. The smallest absolute Gasteiger partial charge is 0.261 e. The molecule has 0 saturated carbocycles. The molecule has 4 aromatic rings. The first-order valence-electron chi connectivity index (χ1n) is 7.96. The molecule has 0 spiro atoms. The molecule has 0 aliphatic rings. The van der Waals surface area contributed by atoms with Gasteiger partial charge in [0, 0.05) is 5.56 Å². The molecule has 4 rings (SSSR count). The molecule has 8 heteroatoms. The summed E-state index contributed by atoms with van der Waals surface area (Å²) in [5.41, 5.74) is 8.97. The number of benzene rings is 3. The first-order chi connectivity index (χ1) is 12.7. The van der Waals surface area contributed by atoms with Crippen molar-refractivity contribution in [2.24, 2.45) is 5.10 Å². The number of fused-ring (bicyclic) bond motifs is 2. The van der Waals surface area contributed by atoms with Crippen LogP contribution in [0.25, 0.3) is 21.5 Å². The minimum absolute atomic E-state index is 0.0733. The molecule has 0 bridgehead atoms. The van der Waals surface area contributed by atoms with Crippen molar-refractivity contribution < 1.29 is 4.79 Å². The summed E-state index contributed by atoms with van der Waals surface area (Å²) in [4.78, 5) is 12.0. The number of carbonyl (C=O) groups excluding carboxylic acids is 1. The largest absolute Gasteiger partial charge is 0.367 e. The summed E-state index contributed by atoms with van der Waals surface area (Å²) < 4.78 is 1.19. The molecular weight excluding hydrogens is 330 g/mol. The van der Waals surface area contributed by atoms with Crippen LogP contribution in [-0.4, -0.2) is 32.3 Å². The molecule has 3 N–H and O–H groups in total. The highest BCUT2D eigenvalue weighted by atomic mass is 16.2. The second-order valence-electron chi connectivity index (χ2n) is 5.72. The number of aromatic nitrogens is 4. The monoisotopic (exact) mass is 345 g/mol. The lowest BCUT2D eigenvalue weighted by molar-refractivity contribution is -0.121. The number of nitrogen functional groups attached to an aromatic ring is 1. The van der Waals surface area contributed by atoms with Crippen LogP contribution >= 0.6 is 0 Å². The Kier molecular flexibility index (Phi) is 3.98. The Labute approximate surface area is 148 Å². The van der Waals surface area contributed by atoms with Gasteiger partial charge in [0.2, 0.25) is 5.95 Å². The molecule has 26 heavy (non-hydrogen) atoms. The SMILES string of the molecule is Nc1nnnn1CC(=O)N/N=C\c1c2ccccc2cc2ccccc12. The van der Waals surface area contributed by atoms with E-state index in [2.05, 4.69) is 44.3 Å². The van der Waals surface area contributed by atoms with Crippen LogP contribution in [0.5, 0.6) is 0 Å².